The van der Waals surface area contributed by atoms with Crippen molar-refractivity contribution < 1.29 is 14.3 Å². The zero-order chi connectivity index (χ0) is 18.4. The van der Waals surface area contributed by atoms with Crippen molar-refractivity contribution in [1.29, 1.82) is 0 Å². The third-order valence-electron chi connectivity index (χ3n) is 4.17. The van der Waals surface area contributed by atoms with Crippen molar-refractivity contribution in [2.24, 2.45) is 5.10 Å². The summed E-state index contributed by atoms with van der Waals surface area (Å²) < 4.78 is 10.7. The summed E-state index contributed by atoms with van der Waals surface area (Å²) in [5.74, 6) is 0.502. The summed E-state index contributed by atoms with van der Waals surface area (Å²) in [6, 6.07) is 5.55. The SMILES string of the molecule is C/C(=N/NC(=S)NCCN1CCOCC1)c1ccc2c(c1)NC(=O)CO2. The first-order valence-electron chi connectivity index (χ1n) is 8.57. The molecule has 0 aromatic heterocycles. The normalized spacial score (nSPS) is 17.7. The zero-order valence-corrected chi connectivity index (χ0v) is 15.5. The summed E-state index contributed by atoms with van der Waals surface area (Å²) in [6.07, 6.45) is 0. The van der Waals surface area contributed by atoms with Gasteiger partial charge in [-0.15, -0.1) is 0 Å². The van der Waals surface area contributed by atoms with E-state index in [1.54, 1.807) is 0 Å². The Hall–Kier alpha value is -2.23. The number of hydrogen-bond acceptors (Lipinski definition) is 6. The molecule has 1 amide bonds. The predicted octanol–water partition coefficient (Wildman–Crippen LogP) is 0.538. The van der Waals surface area contributed by atoms with Gasteiger partial charge in [-0.1, -0.05) is 0 Å². The van der Waals surface area contributed by atoms with Gasteiger partial charge >= 0.3 is 0 Å². The van der Waals surface area contributed by atoms with Crippen LogP contribution in [0, 0.1) is 0 Å². The molecule has 3 N–H and O–H groups in total. The molecule has 2 aliphatic rings. The van der Waals surface area contributed by atoms with Gasteiger partial charge in [-0.05, 0) is 42.9 Å². The third-order valence-corrected chi connectivity index (χ3v) is 4.41. The van der Waals surface area contributed by atoms with E-state index in [9.17, 15) is 4.79 Å². The van der Waals surface area contributed by atoms with Crippen LogP contribution in [0.2, 0.25) is 0 Å². The highest BCUT2D eigenvalue weighted by molar-refractivity contribution is 7.80. The van der Waals surface area contributed by atoms with Crippen LogP contribution in [0.3, 0.4) is 0 Å². The second-order valence-electron chi connectivity index (χ2n) is 6.07. The largest absolute Gasteiger partial charge is 0.482 e. The van der Waals surface area contributed by atoms with Crippen LogP contribution >= 0.6 is 12.2 Å². The van der Waals surface area contributed by atoms with E-state index in [0.29, 0.717) is 16.5 Å². The van der Waals surface area contributed by atoms with Crippen molar-refractivity contribution in [3.8, 4) is 5.75 Å². The number of thiocarbonyl (C=S) groups is 1. The van der Waals surface area contributed by atoms with Gasteiger partial charge in [-0.2, -0.15) is 5.10 Å². The third kappa shape index (κ3) is 5.13. The Morgan fingerprint density at radius 1 is 1.38 bits per heavy atom. The molecule has 0 radical (unpaired) electrons. The molecule has 1 aromatic rings. The van der Waals surface area contributed by atoms with Crippen molar-refractivity contribution in [2.75, 3.05) is 51.3 Å². The van der Waals surface area contributed by atoms with Crippen molar-refractivity contribution >= 4 is 34.6 Å². The molecule has 140 valence electrons. The lowest BCUT2D eigenvalue weighted by atomic mass is 10.1. The van der Waals surface area contributed by atoms with Crippen LogP contribution in [0.4, 0.5) is 5.69 Å². The smallest absolute Gasteiger partial charge is 0.262 e. The van der Waals surface area contributed by atoms with Gasteiger partial charge in [0.2, 0.25) is 0 Å². The van der Waals surface area contributed by atoms with Crippen LogP contribution in [0.5, 0.6) is 5.75 Å². The van der Waals surface area contributed by atoms with E-state index in [4.69, 9.17) is 21.7 Å². The lowest BCUT2D eigenvalue weighted by Gasteiger charge is -2.26. The molecule has 2 heterocycles. The predicted molar refractivity (Wildman–Crippen MR) is 104 cm³/mol. The van der Waals surface area contributed by atoms with Gasteiger partial charge in [0.05, 0.1) is 24.6 Å². The number of benzene rings is 1. The minimum Gasteiger partial charge on any atom is -0.482 e. The average molecular weight is 377 g/mol. The summed E-state index contributed by atoms with van der Waals surface area (Å²) in [7, 11) is 0. The quantitative estimate of drug-likeness (QED) is 0.392. The number of hydrazone groups is 1. The average Bonchev–Trinajstić information content (AvgIpc) is 2.66. The van der Waals surface area contributed by atoms with Crippen LogP contribution < -0.4 is 20.8 Å². The number of rotatable bonds is 5. The molecular weight excluding hydrogens is 354 g/mol. The Labute approximate surface area is 157 Å². The van der Waals surface area contributed by atoms with Crippen LogP contribution in [-0.2, 0) is 9.53 Å². The van der Waals surface area contributed by atoms with Crippen molar-refractivity contribution in [1.82, 2.24) is 15.6 Å². The van der Waals surface area contributed by atoms with E-state index in [0.717, 1.165) is 50.7 Å². The molecule has 1 fully saturated rings. The Morgan fingerprint density at radius 2 is 2.19 bits per heavy atom. The van der Waals surface area contributed by atoms with Crippen LogP contribution in [0.1, 0.15) is 12.5 Å². The molecule has 0 atom stereocenters. The topological polar surface area (TPSA) is 87.2 Å². The van der Waals surface area contributed by atoms with Crippen LogP contribution in [0.15, 0.2) is 23.3 Å². The number of morpholine rings is 1. The highest BCUT2D eigenvalue weighted by Crippen LogP contribution is 2.28. The fourth-order valence-corrected chi connectivity index (χ4v) is 2.85. The second-order valence-corrected chi connectivity index (χ2v) is 6.47. The molecule has 0 spiro atoms. The summed E-state index contributed by atoms with van der Waals surface area (Å²) in [4.78, 5) is 13.8. The number of fused-ring (bicyclic) bond motifs is 1. The number of anilines is 1. The van der Waals surface area contributed by atoms with E-state index >= 15 is 0 Å². The van der Waals surface area contributed by atoms with Crippen molar-refractivity contribution in [3.63, 3.8) is 0 Å². The van der Waals surface area contributed by atoms with E-state index in [1.165, 1.54) is 0 Å². The maximum atomic E-state index is 11.4. The lowest BCUT2D eigenvalue weighted by molar-refractivity contribution is -0.118. The van der Waals surface area contributed by atoms with Crippen molar-refractivity contribution in [3.05, 3.63) is 23.8 Å². The van der Waals surface area contributed by atoms with Gasteiger partial charge in [0.25, 0.3) is 5.91 Å². The lowest BCUT2D eigenvalue weighted by Crippen LogP contribution is -2.42. The highest BCUT2D eigenvalue weighted by atomic mass is 32.1. The van der Waals surface area contributed by atoms with Gasteiger partial charge in [0.15, 0.2) is 11.7 Å². The number of amides is 1. The molecule has 0 aliphatic carbocycles. The molecule has 3 rings (SSSR count). The maximum Gasteiger partial charge on any atom is 0.262 e. The van der Waals surface area contributed by atoms with Gasteiger partial charge in [0, 0.05) is 26.2 Å². The Bertz CT molecular complexity index is 704. The molecule has 2 aliphatic heterocycles. The monoisotopic (exact) mass is 377 g/mol. The zero-order valence-electron chi connectivity index (χ0n) is 14.7. The van der Waals surface area contributed by atoms with Gasteiger partial charge in [-0.3, -0.25) is 15.1 Å². The minimum absolute atomic E-state index is 0.0470. The number of carbonyl (C=O) groups excluding carboxylic acids is 1. The number of nitrogens with one attached hydrogen (secondary N) is 3. The Kier molecular flexibility index (Phi) is 6.37. The van der Waals surface area contributed by atoms with E-state index in [-0.39, 0.29) is 12.5 Å². The van der Waals surface area contributed by atoms with Crippen LogP contribution in [0.25, 0.3) is 0 Å². The molecule has 0 bridgehead atoms. The van der Waals surface area contributed by atoms with E-state index in [1.807, 2.05) is 25.1 Å². The molecular formula is C17H23N5O3S. The number of nitrogens with zero attached hydrogens (tertiary/aromatic N) is 2. The maximum absolute atomic E-state index is 11.4. The molecule has 1 saturated heterocycles. The molecule has 0 unspecified atom stereocenters. The van der Waals surface area contributed by atoms with E-state index < -0.39 is 0 Å². The number of ether oxygens (including phenoxy) is 2. The first-order chi connectivity index (χ1) is 12.6. The highest BCUT2D eigenvalue weighted by Gasteiger charge is 2.16. The summed E-state index contributed by atoms with van der Waals surface area (Å²) in [5, 5.41) is 10.7. The van der Waals surface area contributed by atoms with Gasteiger partial charge < -0.3 is 20.1 Å². The number of hydrogen-bond donors (Lipinski definition) is 3. The molecule has 1 aromatic carbocycles. The minimum atomic E-state index is -0.159. The fourth-order valence-electron chi connectivity index (χ4n) is 2.70. The summed E-state index contributed by atoms with van der Waals surface area (Å²) >= 11 is 5.25. The van der Waals surface area contributed by atoms with Gasteiger partial charge in [-0.25, -0.2) is 0 Å². The molecule has 26 heavy (non-hydrogen) atoms. The summed E-state index contributed by atoms with van der Waals surface area (Å²) in [5.41, 5.74) is 5.13. The standard InChI is InChI=1S/C17H23N5O3S/c1-12(13-2-3-15-14(10-13)19-16(23)11-25-15)20-21-17(26)18-4-5-22-6-8-24-9-7-22/h2-3,10H,4-9,11H2,1H3,(H,19,23)(H2,18,21,26)/b20-12-. The first kappa shape index (κ1) is 18.6. The van der Waals surface area contributed by atoms with Crippen molar-refractivity contribution in [2.45, 2.75) is 6.92 Å². The Morgan fingerprint density at radius 3 is 3.00 bits per heavy atom. The molecule has 9 heteroatoms. The summed E-state index contributed by atoms with van der Waals surface area (Å²) in [6.45, 7) is 7.08. The first-order valence-corrected chi connectivity index (χ1v) is 8.98. The van der Waals surface area contributed by atoms with E-state index in [2.05, 4.69) is 26.1 Å². The fraction of sp³-hybridized carbons (Fsp3) is 0.471. The molecule has 8 nitrogen and oxygen atoms in total. The Balaban J connectivity index is 1.47. The second kappa shape index (κ2) is 8.93. The number of carbonyl (C=O) groups is 1. The van der Waals surface area contributed by atoms with Gasteiger partial charge in [0.1, 0.15) is 5.75 Å². The molecule has 0 saturated carbocycles. The van der Waals surface area contributed by atoms with Crippen LogP contribution in [-0.4, -0.2) is 67.6 Å².